The zero-order valence-corrected chi connectivity index (χ0v) is 15.4. The number of aryl methyl sites for hydroxylation is 1. The van der Waals surface area contributed by atoms with Crippen LogP contribution in [0.5, 0.6) is 0 Å². The largest absolute Gasteiger partial charge is 0.449 e. The predicted octanol–water partition coefficient (Wildman–Crippen LogP) is 6.05. The Morgan fingerprint density at radius 1 is 1.22 bits per heavy atom. The first-order chi connectivity index (χ1) is 12.9. The minimum Gasteiger partial charge on any atom is -0.449 e. The summed E-state index contributed by atoms with van der Waals surface area (Å²) in [5, 5.41) is 5.79. The molecule has 8 heteroatoms. The molecule has 0 unspecified atom stereocenters. The van der Waals surface area contributed by atoms with E-state index in [1.165, 1.54) is 17.4 Å². The number of amides is 1. The molecule has 4 rings (SSSR count). The minimum absolute atomic E-state index is 0.141. The number of nitrogens with zero attached hydrogens (tertiary/aromatic N) is 1. The topological polar surface area (TPSA) is 55.1 Å². The molecule has 0 aliphatic rings. The Labute approximate surface area is 161 Å². The molecular weight excluding hydrogens is 394 g/mol. The van der Waals surface area contributed by atoms with Gasteiger partial charge in [0.1, 0.15) is 0 Å². The molecule has 136 valence electrons. The Balaban J connectivity index is 1.61. The van der Waals surface area contributed by atoms with Gasteiger partial charge in [0.25, 0.3) is 5.91 Å². The molecule has 27 heavy (non-hydrogen) atoms. The van der Waals surface area contributed by atoms with Gasteiger partial charge in [-0.2, -0.15) is 0 Å². The summed E-state index contributed by atoms with van der Waals surface area (Å²) in [6.45, 7) is 1.77. The quantitative estimate of drug-likeness (QED) is 0.452. The van der Waals surface area contributed by atoms with Crippen molar-refractivity contribution in [1.82, 2.24) is 4.98 Å². The van der Waals surface area contributed by atoms with Crippen molar-refractivity contribution >= 4 is 44.9 Å². The molecule has 0 aliphatic carbocycles. The summed E-state index contributed by atoms with van der Waals surface area (Å²) < 4.78 is 32.1. The molecule has 1 N–H and O–H groups in total. The van der Waals surface area contributed by atoms with Crippen molar-refractivity contribution in [2.45, 2.75) is 6.92 Å². The number of thiazole rings is 1. The van der Waals surface area contributed by atoms with Gasteiger partial charge in [-0.25, -0.2) is 13.8 Å². The zero-order valence-electron chi connectivity index (χ0n) is 13.8. The van der Waals surface area contributed by atoms with Crippen LogP contribution < -0.4 is 5.32 Å². The second kappa shape index (κ2) is 6.75. The van der Waals surface area contributed by atoms with E-state index in [1.54, 1.807) is 24.4 Å². The van der Waals surface area contributed by atoms with Crippen LogP contribution in [-0.4, -0.2) is 10.9 Å². The number of carbonyl (C=O) groups is 1. The van der Waals surface area contributed by atoms with E-state index in [0.717, 1.165) is 17.5 Å². The Morgan fingerprint density at radius 3 is 2.78 bits per heavy atom. The number of benzene rings is 2. The van der Waals surface area contributed by atoms with Crippen LogP contribution in [0.4, 0.5) is 13.9 Å². The highest BCUT2D eigenvalue weighted by molar-refractivity contribution is 7.14. The number of nitrogens with one attached hydrogen (secondary N) is 1. The molecule has 0 aliphatic heterocycles. The van der Waals surface area contributed by atoms with E-state index >= 15 is 0 Å². The first kappa shape index (κ1) is 17.6. The van der Waals surface area contributed by atoms with Gasteiger partial charge in [0, 0.05) is 21.9 Å². The van der Waals surface area contributed by atoms with Crippen LogP contribution in [0.15, 0.2) is 46.2 Å². The Hall–Kier alpha value is -2.77. The van der Waals surface area contributed by atoms with Crippen molar-refractivity contribution in [2.24, 2.45) is 0 Å². The Bertz CT molecular complexity index is 1190. The zero-order chi connectivity index (χ0) is 19.1. The number of anilines is 1. The first-order valence-electron chi connectivity index (χ1n) is 7.84. The summed E-state index contributed by atoms with van der Waals surface area (Å²) in [4.78, 5) is 16.8. The number of halogens is 3. The summed E-state index contributed by atoms with van der Waals surface area (Å²) in [6, 6.07) is 8.80. The molecule has 2 aromatic carbocycles. The SMILES string of the molecule is Cc1c(C(=O)Nc2nc(-c3ccc(F)c(F)c3)cs2)oc2c(Cl)cccc12. The number of aromatic nitrogens is 1. The lowest BCUT2D eigenvalue weighted by Crippen LogP contribution is -2.11. The number of hydrogen-bond acceptors (Lipinski definition) is 4. The van der Waals surface area contributed by atoms with Crippen molar-refractivity contribution < 1.29 is 18.0 Å². The van der Waals surface area contributed by atoms with Crippen LogP contribution in [0, 0.1) is 18.6 Å². The van der Waals surface area contributed by atoms with Crippen LogP contribution >= 0.6 is 22.9 Å². The van der Waals surface area contributed by atoms with Gasteiger partial charge >= 0.3 is 0 Å². The van der Waals surface area contributed by atoms with Gasteiger partial charge < -0.3 is 4.42 Å². The number of furan rings is 1. The third kappa shape index (κ3) is 3.20. The lowest BCUT2D eigenvalue weighted by atomic mass is 10.1. The van der Waals surface area contributed by atoms with Crippen molar-refractivity contribution in [1.29, 1.82) is 0 Å². The average Bonchev–Trinajstić information content (AvgIpc) is 3.23. The number of hydrogen-bond donors (Lipinski definition) is 1. The monoisotopic (exact) mass is 404 g/mol. The lowest BCUT2D eigenvalue weighted by Gasteiger charge is -2.00. The van der Waals surface area contributed by atoms with Gasteiger partial charge in [-0.3, -0.25) is 10.1 Å². The van der Waals surface area contributed by atoms with Gasteiger partial charge in [-0.1, -0.05) is 23.7 Å². The minimum atomic E-state index is -0.958. The van der Waals surface area contributed by atoms with Crippen molar-refractivity contribution in [3.05, 3.63) is 69.8 Å². The fourth-order valence-electron chi connectivity index (χ4n) is 2.70. The highest BCUT2D eigenvalue weighted by Gasteiger charge is 2.20. The van der Waals surface area contributed by atoms with Crippen molar-refractivity contribution in [3.63, 3.8) is 0 Å². The molecule has 2 heterocycles. The van der Waals surface area contributed by atoms with Crippen molar-refractivity contribution in [3.8, 4) is 11.3 Å². The van der Waals surface area contributed by atoms with E-state index in [1.807, 2.05) is 6.07 Å². The summed E-state index contributed by atoms with van der Waals surface area (Å²) in [5.41, 5.74) is 1.96. The molecule has 0 atom stereocenters. The van der Waals surface area contributed by atoms with E-state index in [-0.39, 0.29) is 5.76 Å². The molecular formula is C19H11ClF2N2O2S. The van der Waals surface area contributed by atoms with E-state index in [4.69, 9.17) is 16.0 Å². The molecule has 0 saturated carbocycles. The fraction of sp³-hybridized carbons (Fsp3) is 0.0526. The van der Waals surface area contributed by atoms with E-state index < -0.39 is 17.5 Å². The summed E-state index contributed by atoms with van der Waals surface area (Å²) in [5.74, 6) is -2.21. The summed E-state index contributed by atoms with van der Waals surface area (Å²) in [6.07, 6.45) is 0. The molecule has 0 spiro atoms. The first-order valence-corrected chi connectivity index (χ1v) is 9.09. The van der Waals surface area contributed by atoms with Gasteiger partial charge in [-0.15, -0.1) is 11.3 Å². The van der Waals surface area contributed by atoms with E-state index in [0.29, 0.717) is 32.6 Å². The van der Waals surface area contributed by atoms with Gasteiger partial charge in [0.05, 0.1) is 10.7 Å². The third-order valence-corrected chi connectivity index (χ3v) is 5.12. The predicted molar refractivity (Wildman–Crippen MR) is 101 cm³/mol. The van der Waals surface area contributed by atoms with Gasteiger partial charge in [-0.05, 0) is 31.2 Å². The maximum atomic E-state index is 13.4. The summed E-state index contributed by atoms with van der Waals surface area (Å²) >= 11 is 7.28. The molecule has 2 aromatic heterocycles. The summed E-state index contributed by atoms with van der Waals surface area (Å²) in [7, 11) is 0. The maximum Gasteiger partial charge on any atom is 0.293 e. The van der Waals surface area contributed by atoms with Crippen LogP contribution in [0.2, 0.25) is 5.02 Å². The van der Waals surface area contributed by atoms with Crippen LogP contribution in [0.1, 0.15) is 16.1 Å². The number of rotatable bonds is 3. The molecule has 4 nitrogen and oxygen atoms in total. The molecule has 0 radical (unpaired) electrons. The third-order valence-electron chi connectivity index (χ3n) is 4.06. The van der Waals surface area contributed by atoms with Crippen LogP contribution in [0.25, 0.3) is 22.2 Å². The Morgan fingerprint density at radius 2 is 2.04 bits per heavy atom. The Kier molecular flexibility index (Phi) is 4.41. The smallest absolute Gasteiger partial charge is 0.293 e. The average molecular weight is 405 g/mol. The fourth-order valence-corrected chi connectivity index (χ4v) is 3.63. The second-order valence-corrected chi connectivity index (χ2v) is 7.06. The highest BCUT2D eigenvalue weighted by atomic mass is 35.5. The maximum absolute atomic E-state index is 13.4. The van der Waals surface area contributed by atoms with E-state index in [2.05, 4.69) is 10.3 Å². The van der Waals surface area contributed by atoms with E-state index in [9.17, 15) is 13.6 Å². The van der Waals surface area contributed by atoms with Crippen molar-refractivity contribution in [2.75, 3.05) is 5.32 Å². The normalized spacial score (nSPS) is 11.1. The molecule has 4 aromatic rings. The lowest BCUT2D eigenvalue weighted by molar-refractivity contribution is 0.0998. The molecule has 0 saturated heterocycles. The highest BCUT2D eigenvalue weighted by Crippen LogP contribution is 2.32. The number of para-hydroxylation sites is 1. The standard InChI is InChI=1S/C19H11ClF2N2O2S/c1-9-11-3-2-4-12(20)17(11)26-16(9)18(25)24-19-23-15(8-27-19)10-5-6-13(21)14(22)7-10/h2-8H,1H3,(H,23,24,25). The van der Waals surface area contributed by atoms with Gasteiger partial charge in [0.2, 0.25) is 0 Å². The van der Waals surface area contributed by atoms with Crippen LogP contribution in [0.3, 0.4) is 0 Å². The molecule has 0 fully saturated rings. The second-order valence-electron chi connectivity index (χ2n) is 5.79. The van der Waals surface area contributed by atoms with Crippen LogP contribution in [-0.2, 0) is 0 Å². The van der Waals surface area contributed by atoms with Gasteiger partial charge in [0.15, 0.2) is 28.1 Å². The number of fused-ring (bicyclic) bond motifs is 1. The molecule has 0 bridgehead atoms. The number of carbonyl (C=O) groups excluding carboxylic acids is 1. The molecule has 1 amide bonds.